The van der Waals surface area contributed by atoms with Crippen LogP contribution >= 0.6 is 18.9 Å². The van der Waals surface area contributed by atoms with Gasteiger partial charge in [0, 0.05) is 6.07 Å². The van der Waals surface area contributed by atoms with Crippen LogP contribution in [0.1, 0.15) is 34.6 Å². The maximum absolute atomic E-state index is 12.7. The molecular formula is C13H21N2O7PS. The molecule has 1 heterocycles. The molecule has 0 fully saturated rings. The van der Waals surface area contributed by atoms with E-state index in [4.69, 9.17) is 13.8 Å². The van der Waals surface area contributed by atoms with Gasteiger partial charge in [0.1, 0.15) is 10.2 Å². The van der Waals surface area contributed by atoms with Crippen molar-refractivity contribution >= 4 is 40.3 Å². The van der Waals surface area contributed by atoms with Gasteiger partial charge >= 0.3 is 19.4 Å². The summed E-state index contributed by atoms with van der Waals surface area (Å²) in [6.07, 6.45) is -0.846. The minimum atomic E-state index is -3.68. The highest BCUT2D eigenvalue weighted by Crippen LogP contribution is 2.51. The topological polar surface area (TPSA) is 117 Å². The lowest BCUT2D eigenvalue weighted by atomic mass is 10.2. The third-order valence-corrected chi connectivity index (χ3v) is 6.03. The van der Waals surface area contributed by atoms with E-state index in [1.54, 1.807) is 34.6 Å². The number of ether oxygens (including phenoxy) is 1. The van der Waals surface area contributed by atoms with Crippen LogP contribution in [0, 0.1) is 10.1 Å². The minimum Gasteiger partial charge on any atom is -0.444 e. The van der Waals surface area contributed by atoms with E-state index in [9.17, 15) is 19.5 Å². The molecule has 11 heteroatoms. The summed E-state index contributed by atoms with van der Waals surface area (Å²) in [5, 5.41) is 13.4. The van der Waals surface area contributed by atoms with Crippen molar-refractivity contribution < 1.29 is 28.1 Å². The molecule has 0 saturated heterocycles. The van der Waals surface area contributed by atoms with Gasteiger partial charge in [0.2, 0.25) is 0 Å². The molecule has 0 unspecified atom stereocenters. The molecule has 1 N–H and O–H groups in total. The number of amides is 1. The van der Waals surface area contributed by atoms with Gasteiger partial charge in [0.05, 0.1) is 18.1 Å². The van der Waals surface area contributed by atoms with Crippen molar-refractivity contribution in [3.8, 4) is 0 Å². The first kappa shape index (κ1) is 20.6. The summed E-state index contributed by atoms with van der Waals surface area (Å²) in [7, 11) is -3.68. The summed E-state index contributed by atoms with van der Waals surface area (Å²) >= 11 is 0.762. The largest absolute Gasteiger partial charge is 0.444 e. The summed E-state index contributed by atoms with van der Waals surface area (Å²) in [6.45, 7) is 8.48. The molecule has 0 spiro atoms. The molecule has 0 saturated carbocycles. The summed E-state index contributed by atoms with van der Waals surface area (Å²) in [5.74, 6) is 0. The Hall–Kier alpha value is -1.48. The number of nitrogens with one attached hydrogen (secondary N) is 1. The molecule has 24 heavy (non-hydrogen) atoms. The van der Waals surface area contributed by atoms with Crippen LogP contribution in [-0.4, -0.2) is 29.8 Å². The second kappa shape index (κ2) is 8.06. The number of carbonyl (C=O) groups excluding carboxylic acids is 1. The number of anilines is 1. The first-order valence-electron chi connectivity index (χ1n) is 7.20. The number of hydrogen-bond acceptors (Lipinski definition) is 8. The van der Waals surface area contributed by atoms with Crippen molar-refractivity contribution in [3.05, 3.63) is 16.2 Å². The molecule has 0 radical (unpaired) electrons. The Morgan fingerprint density at radius 3 is 2.29 bits per heavy atom. The van der Waals surface area contributed by atoms with Crippen molar-refractivity contribution in [2.75, 3.05) is 18.5 Å². The smallest absolute Gasteiger partial charge is 0.412 e. The van der Waals surface area contributed by atoms with Crippen molar-refractivity contribution in [3.63, 3.8) is 0 Å². The van der Waals surface area contributed by atoms with Crippen LogP contribution in [0.25, 0.3) is 0 Å². The minimum absolute atomic E-state index is 0.0453. The van der Waals surface area contributed by atoms with E-state index in [1.807, 2.05) is 0 Å². The van der Waals surface area contributed by atoms with Gasteiger partial charge in [-0.3, -0.25) is 20.0 Å². The fraction of sp³-hybridized carbons (Fsp3) is 0.615. The van der Waals surface area contributed by atoms with Crippen molar-refractivity contribution in [1.82, 2.24) is 0 Å². The van der Waals surface area contributed by atoms with Crippen LogP contribution in [0.3, 0.4) is 0 Å². The highest BCUT2D eigenvalue weighted by molar-refractivity contribution is 7.69. The van der Waals surface area contributed by atoms with Crippen molar-refractivity contribution in [2.45, 2.75) is 40.2 Å². The van der Waals surface area contributed by atoms with Gasteiger partial charge in [-0.1, -0.05) is 0 Å². The highest BCUT2D eigenvalue weighted by Gasteiger charge is 2.34. The Morgan fingerprint density at radius 2 is 1.88 bits per heavy atom. The Balaban J connectivity index is 3.18. The van der Waals surface area contributed by atoms with Gasteiger partial charge < -0.3 is 13.8 Å². The highest BCUT2D eigenvalue weighted by atomic mass is 32.1. The van der Waals surface area contributed by atoms with Gasteiger partial charge in [-0.15, -0.1) is 11.3 Å². The van der Waals surface area contributed by atoms with Gasteiger partial charge in [-0.25, -0.2) is 4.79 Å². The summed E-state index contributed by atoms with van der Waals surface area (Å²) < 4.78 is 28.2. The second-order valence-electron chi connectivity index (χ2n) is 5.52. The standard InChI is InChI=1S/C13H21N2O7PS/c1-6-20-23(19,21-7-2)10-8-9(15(17)18)11(24-10)14-12(16)22-13(3,4)5/h8H,6-7H2,1-5H3,(H,14,16). The van der Waals surface area contributed by atoms with Gasteiger partial charge in [0.15, 0.2) is 5.00 Å². The third-order valence-electron chi connectivity index (χ3n) is 2.38. The summed E-state index contributed by atoms with van der Waals surface area (Å²) in [5.41, 5.74) is -1.16. The SMILES string of the molecule is CCOP(=O)(OCC)c1cc([N+](=O)[O-])c(NC(=O)OC(C)(C)C)s1. The second-order valence-corrected chi connectivity index (χ2v) is 8.86. The number of rotatable bonds is 7. The molecule has 1 amide bonds. The summed E-state index contributed by atoms with van der Waals surface area (Å²) in [6, 6.07) is 1.09. The van der Waals surface area contributed by atoms with Crippen LogP contribution in [0.4, 0.5) is 15.5 Å². The maximum atomic E-state index is 12.7. The molecule has 1 aromatic rings. The first-order chi connectivity index (χ1) is 11.0. The lowest BCUT2D eigenvalue weighted by Gasteiger charge is -2.19. The summed E-state index contributed by atoms with van der Waals surface area (Å²) in [4.78, 5) is 22.3. The zero-order chi connectivity index (χ0) is 18.5. The van der Waals surface area contributed by atoms with E-state index < -0.39 is 29.9 Å². The average Bonchev–Trinajstić information content (AvgIpc) is 2.81. The third kappa shape index (κ3) is 5.55. The molecule has 0 aliphatic heterocycles. The van der Waals surface area contributed by atoms with E-state index in [2.05, 4.69) is 5.32 Å². The number of thiophene rings is 1. The monoisotopic (exact) mass is 380 g/mol. The Kier molecular flexibility index (Phi) is 6.91. The zero-order valence-electron chi connectivity index (χ0n) is 14.2. The fourth-order valence-electron chi connectivity index (χ4n) is 1.63. The van der Waals surface area contributed by atoms with Crippen LogP contribution in [0.2, 0.25) is 0 Å². The Labute approximate surface area is 144 Å². The van der Waals surface area contributed by atoms with E-state index in [0.717, 1.165) is 17.4 Å². The molecule has 1 rings (SSSR count). The van der Waals surface area contributed by atoms with Crippen molar-refractivity contribution in [2.24, 2.45) is 0 Å². The van der Waals surface area contributed by atoms with E-state index in [1.165, 1.54) is 0 Å². The molecular weight excluding hydrogens is 359 g/mol. The zero-order valence-corrected chi connectivity index (χ0v) is 15.9. The molecule has 9 nitrogen and oxygen atoms in total. The predicted molar refractivity (Wildman–Crippen MR) is 91.3 cm³/mol. The normalized spacial score (nSPS) is 12.0. The maximum Gasteiger partial charge on any atom is 0.412 e. The molecule has 0 aliphatic carbocycles. The molecule has 136 valence electrons. The molecule has 0 aliphatic rings. The molecule has 1 aromatic heterocycles. The van der Waals surface area contributed by atoms with Gasteiger partial charge in [0.25, 0.3) is 0 Å². The molecule has 0 atom stereocenters. The average molecular weight is 380 g/mol. The van der Waals surface area contributed by atoms with Crippen LogP contribution in [-0.2, 0) is 18.3 Å². The Morgan fingerprint density at radius 1 is 1.33 bits per heavy atom. The van der Waals surface area contributed by atoms with Crippen LogP contribution in [0.15, 0.2) is 6.07 Å². The van der Waals surface area contributed by atoms with Crippen molar-refractivity contribution in [1.29, 1.82) is 0 Å². The van der Waals surface area contributed by atoms with Crippen LogP contribution in [0.5, 0.6) is 0 Å². The van der Waals surface area contributed by atoms with E-state index in [-0.39, 0.29) is 22.8 Å². The van der Waals surface area contributed by atoms with E-state index >= 15 is 0 Å². The number of carbonyl (C=O) groups is 1. The lowest BCUT2D eigenvalue weighted by molar-refractivity contribution is -0.383. The van der Waals surface area contributed by atoms with Crippen LogP contribution < -0.4 is 9.94 Å². The van der Waals surface area contributed by atoms with E-state index in [0.29, 0.717) is 0 Å². The Bertz CT molecular complexity index is 643. The molecule has 0 aromatic carbocycles. The number of nitrogens with zero attached hydrogens (tertiary/aromatic N) is 1. The lowest BCUT2D eigenvalue weighted by Crippen LogP contribution is -2.27. The van der Waals surface area contributed by atoms with Gasteiger partial charge in [-0.05, 0) is 34.6 Å². The number of nitro groups is 1. The number of hydrogen-bond donors (Lipinski definition) is 1. The fourth-order valence-corrected chi connectivity index (χ4v) is 4.71. The quantitative estimate of drug-likeness (QED) is 0.433. The first-order valence-corrected chi connectivity index (χ1v) is 9.56. The predicted octanol–water partition coefficient (Wildman–Crippen LogP) is 3.89. The van der Waals surface area contributed by atoms with Gasteiger partial charge in [-0.2, -0.15) is 0 Å². The molecule has 0 bridgehead atoms.